The van der Waals surface area contributed by atoms with Crippen LogP contribution in [0.3, 0.4) is 0 Å². The number of rotatable bonds is 5. The van der Waals surface area contributed by atoms with E-state index in [1.165, 1.54) is 12.3 Å². The van der Waals surface area contributed by atoms with Crippen LogP contribution in [-0.4, -0.2) is 65.2 Å². The molecule has 3 aromatic heterocycles. The van der Waals surface area contributed by atoms with Crippen LogP contribution in [-0.2, 0) is 4.74 Å². The Morgan fingerprint density at radius 2 is 1.82 bits per heavy atom. The fraction of sp³-hybridized carbons (Fsp3) is 0.310. The highest BCUT2D eigenvalue weighted by atomic mass is 19.1. The monoisotopic (exact) mass is 528 g/mol. The van der Waals surface area contributed by atoms with E-state index in [2.05, 4.69) is 25.2 Å². The smallest absolute Gasteiger partial charge is 0.259 e. The van der Waals surface area contributed by atoms with Gasteiger partial charge in [0, 0.05) is 43.5 Å². The summed E-state index contributed by atoms with van der Waals surface area (Å²) < 4.78 is 20.8. The number of H-pyrrole nitrogens is 1. The van der Waals surface area contributed by atoms with Crippen LogP contribution in [0.4, 0.5) is 21.6 Å². The molecular formula is C29H29FN6O3. The Bertz CT molecular complexity index is 1560. The van der Waals surface area contributed by atoms with Crippen LogP contribution in [0.1, 0.15) is 29.6 Å². The third-order valence-electron chi connectivity index (χ3n) is 7.25. The number of amides is 1. The summed E-state index contributed by atoms with van der Waals surface area (Å²) >= 11 is 0. The molecule has 2 aliphatic heterocycles. The molecule has 2 N–H and O–H groups in total. The van der Waals surface area contributed by atoms with Gasteiger partial charge < -0.3 is 24.8 Å². The molecule has 0 atom stereocenters. The second-order valence-corrected chi connectivity index (χ2v) is 9.80. The average Bonchev–Trinajstić information content (AvgIpc) is 2.98. The van der Waals surface area contributed by atoms with Crippen LogP contribution in [0.5, 0.6) is 0 Å². The molecular weight excluding hydrogens is 499 g/mol. The maximum atomic E-state index is 15.4. The third-order valence-corrected chi connectivity index (χ3v) is 7.25. The van der Waals surface area contributed by atoms with Crippen LogP contribution in [0, 0.1) is 5.82 Å². The Morgan fingerprint density at radius 1 is 1.00 bits per heavy atom. The molecule has 0 spiro atoms. The molecule has 1 amide bonds. The van der Waals surface area contributed by atoms with E-state index in [4.69, 9.17) is 4.74 Å². The van der Waals surface area contributed by atoms with Gasteiger partial charge in [0.15, 0.2) is 0 Å². The normalized spacial score (nSPS) is 15.9. The van der Waals surface area contributed by atoms with Gasteiger partial charge in [-0.15, -0.1) is 0 Å². The molecule has 0 aliphatic carbocycles. The van der Waals surface area contributed by atoms with Crippen LogP contribution >= 0.6 is 0 Å². The molecule has 6 rings (SSSR count). The minimum absolute atomic E-state index is 0.160. The first-order chi connectivity index (χ1) is 19.1. The number of ether oxygens (including phenoxy) is 1. The minimum atomic E-state index is -0.548. The lowest BCUT2D eigenvalue weighted by atomic mass is 10.0. The fourth-order valence-electron chi connectivity index (χ4n) is 5.17. The number of likely N-dealkylation sites (tertiary alicyclic amines) is 1. The average molecular weight is 529 g/mol. The lowest BCUT2D eigenvalue weighted by Crippen LogP contribution is -2.36. The number of hydrogen-bond acceptors (Lipinski definition) is 7. The van der Waals surface area contributed by atoms with Gasteiger partial charge in [0.25, 0.3) is 11.5 Å². The number of hydrogen-bond donors (Lipinski definition) is 2. The van der Waals surface area contributed by atoms with Gasteiger partial charge in [0.1, 0.15) is 11.6 Å². The number of morpholine rings is 1. The maximum Gasteiger partial charge on any atom is 0.259 e. The summed E-state index contributed by atoms with van der Waals surface area (Å²) in [5.41, 5.74) is 2.44. The quantitative estimate of drug-likeness (QED) is 0.397. The van der Waals surface area contributed by atoms with Crippen molar-refractivity contribution in [3.05, 3.63) is 76.6 Å². The second-order valence-electron chi connectivity index (χ2n) is 9.80. The van der Waals surface area contributed by atoms with Gasteiger partial charge in [-0.05, 0) is 61.7 Å². The number of carbonyl (C=O) groups excluding carboxylic acids is 1. The zero-order chi connectivity index (χ0) is 26.8. The molecule has 5 heterocycles. The largest absolute Gasteiger partial charge is 0.378 e. The van der Waals surface area contributed by atoms with E-state index < -0.39 is 5.82 Å². The number of carbonyl (C=O) groups is 1. The molecule has 1 aromatic carbocycles. The van der Waals surface area contributed by atoms with Crippen molar-refractivity contribution in [2.24, 2.45) is 0 Å². The number of piperidine rings is 1. The molecule has 2 saturated heterocycles. The van der Waals surface area contributed by atoms with Gasteiger partial charge >= 0.3 is 0 Å². The van der Waals surface area contributed by atoms with Crippen molar-refractivity contribution in [1.29, 1.82) is 0 Å². The molecule has 0 unspecified atom stereocenters. The van der Waals surface area contributed by atoms with E-state index in [1.54, 1.807) is 35.4 Å². The number of benzene rings is 1. The highest BCUT2D eigenvalue weighted by Gasteiger charge is 2.21. The van der Waals surface area contributed by atoms with Crippen LogP contribution in [0.2, 0.25) is 0 Å². The maximum absolute atomic E-state index is 15.4. The molecule has 0 bridgehead atoms. The lowest BCUT2D eigenvalue weighted by Gasteiger charge is -2.28. The predicted octanol–water partition coefficient (Wildman–Crippen LogP) is 4.33. The molecule has 0 saturated carbocycles. The third kappa shape index (κ3) is 5.20. The first kappa shape index (κ1) is 25.0. The Labute approximate surface area is 224 Å². The first-order valence-electron chi connectivity index (χ1n) is 13.2. The zero-order valence-electron chi connectivity index (χ0n) is 21.5. The molecule has 9 nitrogen and oxygen atoms in total. The SMILES string of the molecule is O=C(c1ccc(-c2cc(Nc3ccc(N4CCOCC4)cn3)c3c(=O)[nH]ccc3n2)c(F)c1)N1CCCCC1. The van der Waals surface area contributed by atoms with Gasteiger partial charge in [-0.2, -0.15) is 0 Å². The van der Waals surface area contributed by atoms with Gasteiger partial charge in [-0.25, -0.2) is 14.4 Å². The summed E-state index contributed by atoms with van der Waals surface area (Å²) in [6, 6.07) is 11.6. The Morgan fingerprint density at radius 3 is 2.56 bits per heavy atom. The van der Waals surface area contributed by atoms with E-state index in [-0.39, 0.29) is 17.0 Å². The first-order valence-corrected chi connectivity index (χ1v) is 13.2. The Hall–Kier alpha value is -4.31. The topological polar surface area (TPSA) is 103 Å². The summed E-state index contributed by atoms with van der Waals surface area (Å²) in [7, 11) is 0. The molecule has 200 valence electrons. The van der Waals surface area contributed by atoms with Crippen molar-refractivity contribution in [3.8, 4) is 11.3 Å². The number of nitrogens with one attached hydrogen (secondary N) is 2. The predicted molar refractivity (Wildman–Crippen MR) is 148 cm³/mol. The molecule has 2 fully saturated rings. The van der Waals surface area contributed by atoms with Crippen molar-refractivity contribution >= 4 is 34.0 Å². The number of aromatic nitrogens is 3. The Balaban J connectivity index is 1.32. The fourth-order valence-corrected chi connectivity index (χ4v) is 5.17. The van der Waals surface area contributed by atoms with E-state index >= 15 is 4.39 Å². The lowest BCUT2D eigenvalue weighted by molar-refractivity contribution is 0.0724. The summed E-state index contributed by atoms with van der Waals surface area (Å²) in [5, 5.41) is 3.57. The van der Waals surface area contributed by atoms with E-state index in [1.807, 2.05) is 12.1 Å². The minimum Gasteiger partial charge on any atom is -0.378 e. The molecule has 39 heavy (non-hydrogen) atoms. The van der Waals surface area contributed by atoms with Crippen LogP contribution in [0.25, 0.3) is 22.2 Å². The van der Waals surface area contributed by atoms with Crippen molar-refractivity contribution in [3.63, 3.8) is 0 Å². The number of anilines is 3. The number of pyridine rings is 3. The summed E-state index contributed by atoms with van der Waals surface area (Å²) in [6.45, 7) is 4.35. The van der Waals surface area contributed by atoms with E-state index in [0.29, 0.717) is 60.0 Å². The van der Waals surface area contributed by atoms with Gasteiger partial charge in [-0.3, -0.25) is 9.59 Å². The number of halogens is 1. The number of nitrogens with zero attached hydrogens (tertiary/aromatic N) is 4. The number of aromatic amines is 1. The molecule has 10 heteroatoms. The van der Waals surface area contributed by atoms with Gasteiger partial charge in [-0.1, -0.05) is 0 Å². The number of fused-ring (bicyclic) bond motifs is 1. The van der Waals surface area contributed by atoms with Crippen molar-refractivity contribution in [1.82, 2.24) is 19.9 Å². The van der Waals surface area contributed by atoms with E-state index in [9.17, 15) is 9.59 Å². The molecule has 2 aliphatic rings. The van der Waals surface area contributed by atoms with Crippen molar-refractivity contribution in [2.45, 2.75) is 19.3 Å². The summed E-state index contributed by atoms with van der Waals surface area (Å²) in [5.74, 6) is -0.169. The second kappa shape index (κ2) is 10.8. The highest BCUT2D eigenvalue weighted by Crippen LogP contribution is 2.31. The van der Waals surface area contributed by atoms with Crippen molar-refractivity contribution in [2.75, 3.05) is 49.6 Å². The highest BCUT2D eigenvalue weighted by molar-refractivity contribution is 5.96. The molecule has 0 radical (unpaired) electrons. The van der Waals surface area contributed by atoms with Gasteiger partial charge in [0.05, 0.1) is 47.4 Å². The van der Waals surface area contributed by atoms with E-state index in [0.717, 1.165) is 38.0 Å². The summed E-state index contributed by atoms with van der Waals surface area (Å²) in [6.07, 6.45) is 6.33. The van der Waals surface area contributed by atoms with Gasteiger partial charge in [0.2, 0.25) is 0 Å². The molecule has 4 aromatic rings. The standard InChI is InChI=1S/C29H29FN6O3/c30-22-16-19(29(38)36-10-2-1-3-11-36)4-6-21(22)24-17-25(27-23(33-24)8-9-31-28(27)37)34-26-7-5-20(18-32-26)35-12-14-39-15-13-35/h4-9,16-18H,1-3,10-15H2,(H,31,37)(H,32,33,34). The van der Waals surface area contributed by atoms with Crippen LogP contribution < -0.4 is 15.8 Å². The Kier molecular flexibility index (Phi) is 6.93. The zero-order valence-corrected chi connectivity index (χ0v) is 21.5. The van der Waals surface area contributed by atoms with Crippen molar-refractivity contribution < 1.29 is 13.9 Å². The van der Waals surface area contributed by atoms with Crippen LogP contribution in [0.15, 0.2) is 59.7 Å². The summed E-state index contributed by atoms with van der Waals surface area (Å²) in [4.78, 5) is 41.4.